The van der Waals surface area contributed by atoms with Crippen molar-refractivity contribution in [2.45, 2.75) is 32.1 Å². The van der Waals surface area contributed by atoms with Crippen molar-refractivity contribution < 1.29 is 9.59 Å². The van der Waals surface area contributed by atoms with E-state index in [1.54, 1.807) is 6.20 Å². The summed E-state index contributed by atoms with van der Waals surface area (Å²) >= 11 is 0. The molecule has 0 aliphatic carbocycles. The standard InChI is InChI=1S/C24H27N5O2/c1-16-6-8-17(9-7-16)23(30)28-12-3-4-19(15-28)24(31)29-13-10-18(14-29)21-26-20-5-2-11-25-22(20)27-21/h2,5-9,11,18-19H,3-4,10,12-15H2,1H3,(H,25,26,27). The zero-order valence-electron chi connectivity index (χ0n) is 17.8. The van der Waals surface area contributed by atoms with Crippen LogP contribution in [0.2, 0.25) is 0 Å². The molecule has 4 heterocycles. The highest BCUT2D eigenvalue weighted by Gasteiger charge is 2.35. The fourth-order valence-corrected chi connectivity index (χ4v) is 4.74. The van der Waals surface area contributed by atoms with Gasteiger partial charge in [0.15, 0.2) is 5.65 Å². The van der Waals surface area contributed by atoms with E-state index in [1.165, 1.54) is 0 Å². The molecule has 0 spiro atoms. The number of aromatic nitrogens is 3. The summed E-state index contributed by atoms with van der Waals surface area (Å²) in [7, 11) is 0. The minimum absolute atomic E-state index is 0.0200. The first-order valence-corrected chi connectivity index (χ1v) is 11.0. The van der Waals surface area contributed by atoms with Gasteiger partial charge in [-0.3, -0.25) is 9.59 Å². The lowest BCUT2D eigenvalue weighted by Gasteiger charge is -2.34. The van der Waals surface area contributed by atoms with E-state index in [4.69, 9.17) is 0 Å². The van der Waals surface area contributed by atoms with Gasteiger partial charge in [-0.2, -0.15) is 0 Å². The largest absolute Gasteiger partial charge is 0.342 e. The molecule has 2 saturated heterocycles. The number of nitrogens with one attached hydrogen (secondary N) is 1. The molecule has 1 aromatic carbocycles. The Hall–Kier alpha value is -3.22. The molecule has 2 aliphatic heterocycles. The second-order valence-electron chi connectivity index (χ2n) is 8.72. The molecule has 2 fully saturated rings. The Bertz CT molecular complexity index is 1070. The van der Waals surface area contributed by atoms with Gasteiger partial charge in [0, 0.05) is 43.9 Å². The first kappa shape index (κ1) is 19.7. The van der Waals surface area contributed by atoms with Crippen molar-refractivity contribution in [3.63, 3.8) is 0 Å². The van der Waals surface area contributed by atoms with Crippen LogP contribution in [0.1, 0.15) is 46.9 Å². The Labute approximate surface area is 181 Å². The Kier molecular flexibility index (Phi) is 5.18. The number of likely N-dealkylation sites (tertiary alicyclic amines) is 2. The smallest absolute Gasteiger partial charge is 0.253 e. The summed E-state index contributed by atoms with van der Waals surface area (Å²) in [6.07, 6.45) is 4.33. The van der Waals surface area contributed by atoms with Gasteiger partial charge < -0.3 is 14.8 Å². The second-order valence-corrected chi connectivity index (χ2v) is 8.72. The van der Waals surface area contributed by atoms with Gasteiger partial charge in [0.2, 0.25) is 5.91 Å². The van der Waals surface area contributed by atoms with Gasteiger partial charge in [-0.15, -0.1) is 0 Å². The van der Waals surface area contributed by atoms with Crippen molar-refractivity contribution in [1.29, 1.82) is 0 Å². The van der Waals surface area contributed by atoms with E-state index in [0.29, 0.717) is 25.2 Å². The van der Waals surface area contributed by atoms with Crippen molar-refractivity contribution in [3.05, 3.63) is 59.5 Å². The maximum atomic E-state index is 13.2. The maximum absolute atomic E-state index is 13.2. The molecule has 31 heavy (non-hydrogen) atoms. The fourth-order valence-electron chi connectivity index (χ4n) is 4.74. The lowest BCUT2D eigenvalue weighted by molar-refractivity contribution is -0.135. The number of piperidine rings is 1. The van der Waals surface area contributed by atoms with Crippen LogP contribution in [-0.2, 0) is 4.79 Å². The number of carbonyl (C=O) groups excluding carboxylic acids is 2. The van der Waals surface area contributed by atoms with Crippen molar-refractivity contribution >= 4 is 23.0 Å². The summed E-state index contributed by atoms with van der Waals surface area (Å²) in [6, 6.07) is 11.5. The molecule has 0 saturated carbocycles. The molecule has 160 valence electrons. The monoisotopic (exact) mass is 417 g/mol. The number of hydrogen-bond acceptors (Lipinski definition) is 4. The van der Waals surface area contributed by atoms with Gasteiger partial charge in [0.05, 0.1) is 11.4 Å². The number of amides is 2. The highest BCUT2D eigenvalue weighted by molar-refractivity contribution is 5.94. The Balaban J connectivity index is 1.23. The van der Waals surface area contributed by atoms with Crippen LogP contribution in [0.15, 0.2) is 42.6 Å². The third-order valence-electron chi connectivity index (χ3n) is 6.52. The van der Waals surface area contributed by atoms with Crippen molar-refractivity contribution in [1.82, 2.24) is 24.8 Å². The van der Waals surface area contributed by atoms with Gasteiger partial charge in [0.1, 0.15) is 5.82 Å². The minimum Gasteiger partial charge on any atom is -0.342 e. The van der Waals surface area contributed by atoms with Crippen molar-refractivity contribution in [2.24, 2.45) is 5.92 Å². The third-order valence-corrected chi connectivity index (χ3v) is 6.52. The molecule has 1 N–H and O–H groups in total. The molecular weight excluding hydrogens is 390 g/mol. The van der Waals surface area contributed by atoms with Crippen LogP contribution >= 0.6 is 0 Å². The van der Waals surface area contributed by atoms with Gasteiger partial charge in [-0.05, 0) is 50.5 Å². The highest BCUT2D eigenvalue weighted by Crippen LogP contribution is 2.29. The number of imidazole rings is 1. The molecule has 5 rings (SSSR count). The molecule has 2 aliphatic rings. The van der Waals surface area contributed by atoms with E-state index in [2.05, 4.69) is 15.0 Å². The zero-order chi connectivity index (χ0) is 21.4. The normalized spacial score (nSPS) is 21.6. The quantitative estimate of drug-likeness (QED) is 0.710. The van der Waals surface area contributed by atoms with Crippen LogP contribution in [0.4, 0.5) is 0 Å². The molecule has 0 bridgehead atoms. The van der Waals surface area contributed by atoms with Crippen LogP contribution in [0.5, 0.6) is 0 Å². The predicted octanol–water partition coefficient (Wildman–Crippen LogP) is 3.13. The number of fused-ring (bicyclic) bond motifs is 1. The number of aromatic amines is 1. The lowest BCUT2D eigenvalue weighted by Crippen LogP contribution is -2.46. The first-order chi connectivity index (χ1) is 15.1. The van der Waals surface area contributed by atoms with E-state index < -0.39 is 0 Å². The Morgan fingerprint density at radius 3 is 2.68 bits per heavy atom. The number of carbonyl (C=O) groups is 2. The number of nitrogens with zero attached hydrogens (tertiary/aromatic N) is 4. The zero-order valence-corrected chi connectivity index (χ0v) is 17.8. The van der Waals surface area contributed by atoms with Crippen molar-refractivity contribution in [2.75, 3.05) is 26.2 Å². The molecule has 7 nitrogen and oxygen atoms in total. The highest BCUT2D eigenvalue weighted by atomic mass is 16.2. The number of pyridine rings is 1. The average Bonchev–Trinajstić information content (AvgIpc) is 3.46. The summed E-state index contributed by atoms with van der Waals surface area (Å²) in [5.41, 5.74) is 3.48. The van der Waals surface area contributed by atoms with Gasteiger partial charge in [-0.1, -0.05) is 17.7 Å². The van der Waals surface area contributed by atoms with Crippen molar-refractivity contribution in [3.8, 4) is 0 Å². The van der Waals surface area contributed by atoms with E-state index >= 15 is 0 Å². The van der Waals surface area contributed by atoms with E-state index in [0.717, 1.165) is 48.4 Å². The van der Waals surface area contributed by atoms with E-state index in [-0.39, 0.29) is 23.7 Å². The Morgan fingerprint density at radius 1 is 1.03 bits per heavy atom. The number of hydrogen-bond donors (Lipinski definition) is 1. The number of rotatable bonds is 3. The van der Waals surface area contributed by atoms with Gasteiger partial charge in [0.25, 0.3) is 5.91 Å². The van der Waals surface area contributed by atoms with E-state index in [9.17, 15) is 9.59 Å². The van der Waals surface area contributed by atoms with Crippen LogP contribution in [-0.4, -0.2) is 62.7 Å². The molecule has 3 aromatic rings. The lowest BCUT2D eigenvalue weighted by atomic mass is 9.95. The molecule has 2 atom stereocenters. The molecule has 2 amide bonds. The van der Waals surface area contributed by atoms with Crippen LogP contribution in [0.3, 0.4) is 0 Å². The van der Waals surface area contributed by atoms with E-state index in [1.807, 2.05) is 53.1 Å². The first-order valence-electron chi connectivity index (χ1n) is 11.0. The molecule has 0 radical (unpaired) electrons. The summed E-state index contributed by atoms with van der Waals surface area (Å²) in [6.45, 7) is 4.62. The molecule has 2 unspecified atom stereocenters. The summed E-state index contributed by atoms with van der Waals surface area (Å²) in [4.78, 5) is 42.2. The fraction of sp³-hybridized carbons (Fsp3) is 0.417. The molecular formula is C24H27N5O2. The maximum Gasteiger partial charge on any atom is 0.253 e. The number of benzene rings is 1. The second kappa shape index (κ2) is 8.13. The molecule has 2 aromatic heterocycles. The van der Waals surface area contributed by atoms with Gasteiger partial charge >= 0.3 is 0 Å². The average molecular weight is 418 g/mol. The van der Waals surface area contributed by atoms with Crippen LogP contribution < -0.4 is 0 Å². The minimum atomic E-state index is -0.126. The SMILES string of the molecule is Cc1ccc(C(=O)N2CCCC(C(=O)N3CCC(c4nc5ncccc5[nH]4)C3)C2)cc1. The third kappa shape index (κ3) is 3.92. The topological polar surface area (TPSA) is 82.2 Å². The molecule has 7 heteroatoms. The summed E-state index contributed by atoms with van der Waals surface area (Å²) < 4.78 is 0. The summed E-state index contributed by atoms with van der Waals surface area (Å²) in [5.74, 6) is 1.17. The number of aryl methyl sites for hydroxylation is 1. The predicted molar refractivity (Wildman–Crippen MR) is 118 cm³/mol. The van der Waals surface area contributed by atoms with Crippen LogP contribution in [0, 0.1) is 12.8 Å². The Morgan fingerprint density at radius 2 is 1.87 bits per heavy atom. The number of H-pyrrole nitrogens is 1. The van der Waals surface area contributed by atoms with Crippen LogP contribution in [0.25, 0.3) is 11.2 Å². The van der Waals surface area contributed by atoms with Gasteiger partial charge in [-0.25, -0.2) is 9.97 Å². The summed E-state index contributed by atoms with van der Waals surface area (Å²) in [5, 5.41) is 0.